The van der Waals surface area contributed by atoms with E-state index in [-0.39, 0.29) is 57.9 Å². The van der Waals surface area contributed by atoms with E-state index in [1.165, 1.54) is 78.3 Å². The number of nitrogens with zero attached hydrogens (tertiary/aromatic N) is 3. The molecule has 0 spiro atoms. The quantitative estimate of drug-likeness (QED) is 0.0320. The van der Waals surface area contributed by atoms with Gasteiger partial charge in [-0.05, 0) is 192 Å². The minimum absolute atomic E-state index is 0.179. The summed E-state index contributed by atoms with van der Waals surface area (Å²) in [6.07, 6.45) is 1.34. The Morgan fingerprint density at radius 1 is 0.545 bits per heavy atom. The molecule has 2 aromatic heterocycles. The molecule has 4 atom stereocenters. The number of urea groups is 1. The maximum absolute atomic E-state index is 12.4. The van der Waals surface area contributed by atoms with Gasteiger partial charge in [-0.25, -0.2) is 50.5 Å². The summed E-state index contributed by atoms with van der Waals surface area (Å²) in [5.74, 6) is -0.895. The number of hydrogen-bond donors (Lipinski definition) is 10. The average Bonchev–Trinajstić information content (AvgIpc) is 1.70. The van der Waals surface area contributed by atoms with Crippen LogP contribution in [-0.2, 0) is 58.9 Å². The number of halogens is 1. The number of benzene rings is 8. The van der Waals surface area contributed by atoms with Gasteiger partial charge in [0, 0.05) is 92.9 Å². The Morgan fingerprint density at radius 2 is 0.960 bits per heavy atom. The summed E-state index contributed by atoms with van der Waals surface area (Å²) in [6.45, 7) is 10.0. The number of aromatic nitrogens is 3. The van der Waals surface area contributed by atoms with E-state index in [9.17, 15) is 40.8 Å². The van der Waals surface area contributed by atoms with Gasteiger partial charge in [0.25, 0.3) is 17.7 Å². The van der Waals surface area contributed by atoms with Crippen molar-refractivity contribution in [1.82, 2.24) is 14.5 Å². The van der Waals surface area contributed by atoms with Crippen molar-refractivity contribution >= 4 is 131 Å². The molecule has 25 nitrogen and oxygen atoms in total. The number of rotatable bonds is 21. The number of aromatic amines is 1. The Kier molecular flexibility index (Phi) is 26.7. The van der Waals surface area contributed by atoms with E-state index in [0.29, 0.717) is 66.6 Å². The van der Waals surface area contributed by atoms with Gasteiger partial charge < -0.3 is 31.2 Å². The number of hydrogen-bond acceptors (Lipinski definition) is 19. The number of fused-ring (bicyclic) bond motifs is 1. The molecule has 0 aliphatic carbocycles. The van der Waals surface area contributed by atoms with Gasteiger partial charge in [-0.3, -0.25) is 36.8 Å². The molecular weight excluding hydrogens is 1390 g/mol. The third-order valence-corrected chi connectivity index (χ3v) is 20.4. The van der Waals surface area contributed by atoms with Gasteiger partial charge in [0.15, 0.2) is 35.2 Å². The molecule has 0 aliphatic heterocycles. The van der Waals surface area contributed by atoms with E-state index in [1.807, 2.05) is 86.8 Å². The molecule has 0 fully saturated rings. The normalized spacial score (nSPS) is 13.2. The fourth-order valence-electron chi connectivity index (χ4n) is 9.06. The number of H-pyrrole nitrogens is 1. The van der Waals surface area contributed by atoms with E-state index < -0.39 is 45.8 Å². The fourth-order valence-corrected chi connectivity index (χ4v) is 13.4. The van der Waals surface area contributed by atoms with Crippen LogP contribution in [0.25, 0.3) is 22.3 Å². The fraction of sp³-hybridized carbons (Fsp3) is 0.176. The summed E-state index contributed by atoms with van der Waals surface area (Å²) in [7, 11) is -8.70. The van der Waals surface area contributed by atoms with Crippen molar-refractivity contribution < 1.29 is 48.6 Å². The lowest BCUT2D eigenvalue weighted by Crippen LogP contribution is -2.19. The molecule has 8 aromatic carbocycles. The van der Waals surface area contributed by atoms with Crippen molar-refractivity contribution in [2.45, 2.75) is 60.7 Å². The van der Waals surface area contributed by atoms with Crippen LogP contribution in [-0.4, -0.2) is 95.3 Å². The van der Waals surface area contributed by atoms with Gasteiger partial charge in [0.2, 0.25) is 0 Å². The molecule has 520 valence electrons. The Labute approximate surface area is 584 Å². The molecule has 0 bridgehead atoms. The van der Waals surface area contributed by atoms with Gasteiger partial charge in [0.1, 0.15) is 0 Å². The summed E-state index contributed by atoms with van der Waals surface area (Å²) in [6, 6.07) is 51.1. The number of carbonyl (C=O) groups is 4. The second kappa shape index (κ2) is 34.5. The lowest BCUT2D eigenvalue weighted by atomic mass is 10.1. The van der Waals surface area contributed by atoms with Crippen LogP contribution < -0.4 is 37.2 Å². The molecular formula is C68H74ClN13O12S5. The predicted molar refractivity (Wildman–Crippen MR) is 392 cm³/mol. The highest BCUT2D eigenvalue weighted by Crippen LogP contribution is 2.27. The number of anilines is 6. The van der Waals surface area contributed by atoms with E-state index in [0.717, 1.165) is 28.0 Å². The van der Waals surface area contributed by atoms with Crippen LogP contribution in [0.15, 0.2) is 218 Å². The molecule has 10 rings (SSSR count). The van der Waals surface area contributed by atoms with Gasteiger partial charge >= 0.3 is 11.7 Å². The number of amides is 5. The predicted octanol–water partition coefficient (Wildman–Crippen LogP) is 15.1. The highest BCUT2D eigenvalue weighted by molar-refractivity contribution is 7.91. The summed E-state index contributed by atoms with van der Waals surface area (Å²) in [5, 5.41) is 16.6. The molecule has 99 heavy (non-hydrogen) atoms. The minimum Gasteiger partial charge on any atom is -0.377 e. The maximum Gasteiger partial charge on any atom is 0.326 e. The molecule has 0 aliphatic rings. The zero-order chi connectivity index (χ0) is 72.2. The number of thiazole rings is 1. The van der Waals surface area contributed by atoms with E-state index >= 15 is 0 Å². The van der Waals surface area contributed by atoms with Crippen molar-refractivity contribution in [3.8, 4) is 11.3 Å². The zero-order valence-electron chi connectivity index (χ0n) is 55.0. The third kappa shape index (κ3) is 21.8. The first-order valence-corrected chi connectivity index (χ1v) is 37.8. The van der Waals surface area contributed by atoms with Gasteiger partial charge in [-0.2, -0.15) is 0 Å². The van der Waals surface area contributed by atoms with Gasteiger partial charge in [-0.1, -0.05) is 48.0 Å². The second-order valence-corrected chi connectivity index (χ2v) is 29.9. The van der Waals surface area contributed by atoms with E-state index in [1.54, 1.807) is 104 Å². The summed E-state index contributed by atoms with van der Waals surface area (Å²) < 4.78 is 94.6. The molecule has 4 unspecified atom stereocenters. The summed E-state index contributed by atoms with van der Waals surface area (Å²) >= 11 is 7.12. The largest absolute Gasteiger partial charge is 0.377 e. The number of nitrogens with one attached hydrogen (secondary N) is 10. The van der Waals surface area contributed by atoms with Gasteiger partial charge in [0.05, 0.1) is 61.0 Å². The molecule has 0 saturated carbocycles. The smallest absolute Gasteiger partial charge is 0.326 e. The lowest BCUT2D eigenvalue weighted by Gasteiger charge is -2.17. The molecule has 2 heterocycles. The number of imidazole rings is 1. The highest BCUT2D eigenvalue weighted by atomic mass is 35.5. The average molecular weight is 1460 g/mol. The lowest BCUT2D eigenvalue weighted by molar-refractivity contribution is 0.101. The maximum atomic E-state index is 12.4. The highest BCUT2D eigenvalue weighted by Gasteiger charge is 2.18. The first-order valence-electron chi connectivity index (χ1n) is 30.2. The first kappa shape index (κ1) is 76.5. The third-order valence-electron chi connectivity index (χ3n) is 13.9. The Hall–Kier alpha value is -9.89. The van der Waals surface area contributed by atoms with Crippen molar-refractivity contribution in [2.24, 2.45) is 0 Å². The minimum atomic E-state index is -3.28. The molecule has 5 amide bonds. The molecule has 31 heteroatoms. The van der Waals surface area contributed by atoms with Crippen molar-refractivity contribution in [3.63, 3.8) is 0 Å². The van der Waals surface area contributed by atoms with Crippen LogP contribution in [0.1, 0.15) is 64.3 Å². The van der Waals surface area contributed by atoms with Crippen molar-refractivity contribution in [2.75, 3.05) is 71.7 Å². The topological polar surface area (TPSA) is 374 Å². The van der Waals surface area contributed by atoms with Crippen LogP contribution in [0, 0.1) is 26.0 Å². The number of aryl methyl sites for hydroxylation is 2. The SMILES string of the molecule is CCOS(=N)(=O)c1ccc(C(=O)Nc2ccc(C)c(N(C)C)c2)cc1.CCOS(=N)(=O)c1ccc(C(=O)Nc2ccc(Cl)cc2)cc1.CCOS(=N)(=O)c1ccc(C(=O)Nc2nc(-c3ccccc3)cs2)cc1.CCn1c(=O)[nH]c2cc(NC(=O)Nc3ccc(S(C)(=N)=O)cc3)ccc21. The van der Waals surface area contributed by atoms with E-state index in [4.69, 9.17) is 43.3 Å². The van der Waals surface area contributed by atoms with E-state index in [2.05, 4.69) is 36.6 Å². The van der Waals surface area contributed by atoms with Crippen LogP contribution in [0.4, 0.5) is 38.4 Å². The van der Waals surface area contributed by atoms with Crippen LogP contribution in [0.3, 0.4) is 0 Å². The standard InChI is InChI=1S/C18H17N3O3S2.C18H23N3O3S.C17H19N5O3S.C15H15ClN2O3S/c1-2-24-26(19,23)15-10-8-14(9-11-15)17(22)21-18-20-16(12-25-18)13-6-4-3-5-7-13;1-5-24-25(19,23)16-10-7-14(8-11-16)18(22)20-15-9-6-13(2)17(12-15)21(3)4;1-3-22-15-9-6-12(10-14(15)21-17(22)24)20-16(23)19-11-4-7-13(8-5-11)26(2,18)25;1-2-21-22(17,20)14-9-3-11(4-10-14)15(19)18-13-7-5-12(16)6-8-13/h3-12,19H,2H2,1H3,(H,20,21,22);6-12,19H,5H2,1-4H3,(H,20,22);4-10,18H,3H2,1-2H3,(H,21,24)(H2,19,20,23);3-10,17H,2H2,1H3,(H,18,19). The Morgan fingerprint density at radius 3 is 1.42 bits per heavy atom. The van der Waals surface area contributed by atoms with Crippen molar-refractivity contribution in [1.29, 1.82) is 19.1 Å². The molecule has 0 saturated heterocycles. The number of carbonyl (C=O) groups excluding carboxylic acids is 4. The van der Waals surface area contributed by atoms with Crippen LogP contribution in [0.2, 0.25) is 5.02 Å². The Bertz CT molecular complexity index is 5000. The molecule has 10 aromatic rings. The first-order chi connectivity index (χ1) is 46.9. The summed E-state index contributed by atoms with van der Waals surface area (Å²) in [4.78, 5) is 71.1. The zero-order valence-corrected chi connectivity index (χ0v) is 59.8. The second-order valence-electron chi connectivity index (χ2n) is 21.3. The van der Waals surface area contributed by atoms with Crippen molar-refractivity contribution in [3.05, 3.63) is 231 Å². The van der Waals surface area contributed by atoms with Gasteiger partial charge in [-0.15, -0.1) is 11.3 Å². The molecule has 10 N–H and O–H groups in total. The summed E-state index contributed by atoms with van der Waals surface area (Å²) in [5.41, 5.74) is 8.73. The molecule has 0 radical (unpaired) electrons. The Balaban J connectivity index is 0.000000186. The van der Waals surface area contributed by atoms with Crippen LogP contribution >= 0.6 is 22.9 Å². The van der Waals surface area contributed by atoms with Crippen LogP contribution in [0.5, 0.6) is 0 Å². The monoisotopic (exact) mass is 1460 g/mol.